The molecule has 5 rings (SSSR count). The first kappa shape index (κ1) is 25.1. The Bertz CT molecular complexity index is 1230. The molecule has 1 fully saturated rings. The average molecular weight is 513 g/mol. The van der Waals surface area contributed by atoms with Crippen LogP contribution in [0.3, 0.4) is 0 Å². The summed E-state index contributed by atoms with van der Waals surface area (Å²) in [5, 5.41) is 10.6. The number of allylic oxidation sites excluding steroid dienone is 1. The van der Waals surface area contributed by atoms with Gasteiger partial charge in [0.2, 0.25) is 5.91 Å². The third-order valence-corrected chi connectivity index (χ3v) is 7.40. The number of carbonyl (C=O) groups excluding carboxylic acids is 1. The minimum absolute atomic E-state index is 0.0445. The zero-order valence-corrected chi connectivity index (χ0v) is 20.8. The van der Waals surface area contributed by atoms with Gasteiger partial charge in [-0.25, -0.2) is 4.98 Å². The van der Waals surface area contributed by atoms with Gasteiger partial charge in [-0.1, -0.05) is 26.0 Å². The minimum Gasteiger partial charge on any atom is -0.369 e. The molecule has 0 spiro atoms. The molecule has 196 valence electrons. The number of amides is 1. The van der Waals surface area contributed by atoms with Crippen molar-refractivity contribution in [1.29, 1.82) is 0 Å². The fraction of sp³-hybridized carbons (Fsp3) is 0.407. The van der Waals surface area contributed by atoms with Crippen molar-refractivity contribution in [2.24, 2.45) is 11.7 Å². The molecule has 7 nitrogen and oxygen atoms in total. The van der Waals surface area contributed by atoms with Crippen LogP contribution in [0.25, 0.3) is 0 Å². The number of carbonyl (C=O) groups is 1. The number of nitrogens with one attached hydrogen (secondary N) is 3. The molecule has 1 aromatic heterocycles. The van der Waals surface area contributed by atoms with Crippen molar-refractivity contribution < 1.29 is 18.0 Å². The second-order valence-electron chi connectivity index (χ2n) is 10.2. The number of hydrogen-bond donors (Lipinski definition) is 4. The highest BCUT2D eigenvalue weighted by Gasteiger charge is 2.49. The summed E-state index contributed by atoms with van der Waals surface area (Å²) in [4.78, 5) is 17.5. The lowest BCUT2D eigenvalue weighted by Gasteiger charge is -2.38. The van der Waals surface area contributed by atoms with Crippen molar-refractivity contribution in [2.45, 2.75) is 57.0 Å². The fourth-order valence-corrected chi connectivity index (χ4v) is 5.02. The highest BCUT2D eigenvalue weighted by atomic mass is 19.4. The van der Waals surface area contributed by atoms with Crippen LogP contribution >= 0.6 is 0 Å². The lowest BCUT2D eigenvalue weighted by Crippen LogP contribution is -2.57. The molecule has 2 unspecified atom stereocenters. The highest BCUT2D eigenvalue weighted by molar-refractivity contribution is 5.90. The highest BCUT2D eigenvalue weighted by Crippen LogP contribution is 2.48. The Hall–Kier alpha value is -3.53. The van der Waals surface area contributed by atoms with Crippen LogP contribution in [0, 0.1) is 5.92 Å². The summed E-state index contributed by atoms with van der Waals surface area (Å²) in [7, 11) is 0. The van der Waals surface area contributed by atoms with Crippen LogP contribution in [0.1, 0.15) is 44.2 Å². The maximum absolute atomic E-state index is 13.6. The molecule has 37 heavy (non-hydrogen) atoms. The van der Waals surface area contributed by atoms with Gasteiger partial charge in [0.25, 0.3) is 0 Å². The van der Waals surface area contributed by atoms with Crippen LogP contribution in [0.4, 0.5) is 24.7 Å². The van der Waals surface area contributed by atoms with Crippen LogP contribution in [0.5, 0.6) is 0 Å². The Labute approximate surface area is 214 Å². The van der Waals surface area contributed by atoms with Gasteiger partial charge in [-0.05, 0) is 66.7 Å². The zero-order chi connectivity index (χ0) is 26.4. The molecule has 5 N–H and O–H groups in total. The van der Waals surface area contributed by atoms with Crippen LogP contribution in [-0.2, 0) is 16.4 Å². The molecule has 1 aromatic carbocycles. The molecule has 2 aromatic rings. The Morgan fingerprint density at radius 1 is 1.22 bits per heavy atom. The summed E-state index contributed by atoms with van der Waals surface area (Å²) in [6.07, 6.45) is 2.15. The number of primary amides is 1. The number of benzene rings is 1. The normalized spacial score (nSPS) is 22.8. The van der Waals surface area contributed by atoms with E-state index in [-0.39, 0.29) is 30.0 Å². The quantitative estimate of drug-likeness (QED) is 0.463. The first-order chi connectivity index (χ1) is 17.6. The third kappa shape index (κ3) is 4.90. The number of halogens is 3. The van der Waals surface area contributed by atoms with Crippen LogP contribution in [0.15, 0.2) is 66.1 Å². The number of alkyl halides is 3. The number of aromatic nitrogens is 1. The summed E-state index contributed by atoms with van der Waals surface area (Å²) < 4.78 is 40.9. The predicted octanol–water partition coefficient (Wildman–Crippen LogP) is 4.21. The molecule has 0 saturated heterocycles. The molecule has 0 bridgehead atoms. The summed E-state index contributed by atoms with van der Waals surface area (Å²) >= 11 is 0. The van der Waals surface area contributed by atoms with E-state index in [9.17, 15) is 18.0 Å². The topological polar surface area (TPSA) is 95.3 Å². The van der Waals surface area contributed by atoms with E-state index in [2.05, 4.69) is 34.8 Å². The number of pyridine rings is 1. The average Bonchev–Trinajstić information content (AvgIpc) is 3.69. The molecule has 1 saturated carbocycles. The van der Waals surface area contributed by atoms with Gasteiger partial charge in [-0.3, -0.25) is 10.1 Å². The number of nitrogens with two attached hydrogens (primary N) is 1. The molecular weight excluding hydrogens is 481 g/mol. The summed E-state index contributed by atoms with van der Waals surface area (Å²) in [5.41, 5.74) is 8.00. The summed E-state index contributed by atoms with van der Waals surface area (Å²) in [6, 6.07) is 10.1. The molecule has 3 heterocycles. The lowest BCUT2D eigenvalue weighted by molar-refractivity contribution is -0.137. The van der Waals surface area contributed by atoms with E-state index in [1.807, 2.05) is 30.3 Å². The van der Waals surface area contributed by atoms with Crippen molar-refractivity contribution in [3.63, 3.8) is 0 Å². The predicted molar refractivity (Wildman–Crippen MR) is 136 cm³/mol. The van der Waals surface area contributed by atoms with E-state index < -0.39 is 17.2 Å². The molecule has 2 atom stereocenters. The number of hydrogen-bond acceptors (Lipinski definition) is 6. The zero-order valence-electron chi connectivity index (χ0n) is 20.8. The van der Waals surface area contributed by atoms with E-state index in [0.29, 0.717) is 13.0 Å². The van der Waals surface area contributed by atoms with Crippen molar-refractivity contribution in [1.82, 2.24) is 15.6 Å². The SMILES string of the molecule is CC(C)C1NC2=C(CCN(c3ncccc3C(F)(F)F)C=C2)C(Nc2ccc(C3(C(N)=O)CC3)cc2)N1. The van der Waals surface area contributed by atoms with E-state index >= 15 is 0 Å². The van der Waals surface area contributed by atoms with Crippen LogP contribution in [0.2, 0.25) is 0 Å². The Balaban J connectivity index is 1.39. The maximum atomic E-state index is 13.6. The smallest absolute Gasteiger partial charge is 0.369 e. The molecular formula is C27H31F3N6O. The molecule has 1 aliphatic carbocycles. The molecule has 0 radical (unpaired) electrons. The van der Waals surface area contributed by atoms with E-state index in [1.165, 1.54) is 12.3 Å². The van der Waals surface area contributed by atoms with Gasteiger partial charge >= 0.3 is 6.18 Å². The molecule has 3 aliphatic rings. The van der Waals surface area contributed by atoms with Crippen LogP contribution < -0.4 is 26.6 Å². The summed E-state index contributed by atoms with van der Waals surface area (Å²) in [6.45, 7) is 4.53. The van der Waals surface area contributed by atoms with Gasteiger partial charge in [0.15, 0.2) is 0 Å². The minimum atomic E-state index is -4.50. The van der Waals surface area contributed by atoms with Gasteiger partial charge in [-0.15, -0.1) is 0 Å². The van der Waals surface area contributed by atoms with Crippen molar-refractivity contribution >= 4 is 17.4 Å². The molecule has 1 amide bonds. The first-order valence-electron chi connectivity index (χ1n) is 12.5. The van der Waals surface area contributed by atoms with Gasteiger partial charge < -0.3 is 21.3 Å². The first-order valence-corrected chi connectivity index (χ1v) is 12.5. The van der Waals surface area contributed by atoms with Crippen molar-refractivity contribution in [3.8, 4) is 0 Å². The summed E-state index contributed by atoms with van der Waals surface area (Å²) in [5.74, 6) is -0.145. The largest absolute Gasteiger partial charge is 0.419 e. The van der Waals surface area contributed by atoms with Crippen molar-refractivity contribution in [3.05, 3.63) is 77.3 Å². The van der Waals surface area contributed by atoms with Gasteiger partial charge in [0, 0.05) is 30.3 Å². The molecule has 10 heteroatoms. The van der Waals surface area contributed by atoms with E-state index in [4.69, 9.17) is 5.73 Å². The molecule has 2 aliphatic heterocycles. The van der Waals surface area contributed by atoms with E-state index in [1.54, 1.807) is 11.1 Å². The monoisotopic (exact) mass is 512 g/mol. The van der Waals surface area contributed by atoms with Crippen LogP contribution in [-0.4, -0.2) is 29.8 Å². The van der Waals surface area contributed by atoms with Gasteiger partial charge in [-0.2, -0.15) is 13.2 Å². The second kappa shape index (κ2) is 9.41. The number of anilines is 2. The Morgan fingerprint density at radius 2 is 1.95 bits per heavy atom. The number of rotatable bonds is 6. The lowest BCUT2D eigenvalue weighted by atomic mass is 9.95. The Kier molecular flexibility index (Phi) is 6.39. The number of nitrogens with zero attached hydrogens (tertiary/aromatic N) is 2. The Morgan fingerprint density at radius 3 is 2.57 bits per heavy atom. The maximum Gasteiger partial charge on any atom is 0.419 e. The fourth-order valence-electron chi connectivity index (χ4n) is 5.02. The second-order valence-corrected chi connectivity index (χ2v) is 10.2. The van der Waals surface area contributed by atoms with E-state index in [0.717, 1.165) is 41.4 Å². The van der Waals surface area contributed by atoms with Gasteiger partial charge in [0.1, 0.15) is 12.0 Å². The van der Waals surface area contributed by atoms with Gasteiger partial charge in [0.05, 0.1) is 17.1 Å². The third-order valence-electron chi connectivity index (χ3n) is 7.40. The van der Waals surface area contributed by atoms with Crippen molar-refractivity contribution in [2.75, 3.05) is 16.8 Å². The standard InChI is InChI=1S/C27H31F3N6O/c1-16(2)22-34-21-10-15-36(24-20(27(28,29)30)4-3-13-32-24)14-9-19(21)23(35-22)33-18-7-5-17(6-8-18)26(11-12-26)25(31)37/h3-8,10,13,15-16,22-23,33-35H,9,11-12,14H2,1-2H3,(H2,31,37).